The Hall–Kier alpha value is -3.22. The van der Waals surface area contributed by atoms with Crippen molar-refractivity contribution in [3.8, 4) is 11.5 Å². The van der Waals surface area contributed by atoms with E-state index in [4.69, 9.17) is 14.2 Å². The zero-order valence-electron chi connectivity index (χ0n) is 21.5. The molecule has 0 saturated carbocycles. The second-order valence-corrected chi connectivity index (χ2v) is 11.1. The molecule has 0 aliphatic carbocycles. The molecule has 3 aromatic rings. The van der Waals surface area contributed by atoms with Crippen LogP contribution in [0.3, 0.4) is 0 Å². The molecule has 10 nitrogen and oxygen atoms in total. The van der Waals surface area contributed by atoms with Crippen LogP contribution in [-0.2, 0) is 26.1 Å². The van der Waals surface area contributed by atoms with Crippen LogP contribution >= 0.6 is 11.3 Å². The molecular weight excluding hydrogens is 518 g/mol. The number of carbonyl (C=O) groups excluding carboxylic acids is 2. The van der Waals surface area contributed by atoms with Gasteiger partial charge in [0.1, 0.15) is 6.54 Å². The van der Waals surface area contributed by atoms with Crippen LogP contribution in [-0.4, -0.2) is 63.6 Å². The fourth-order valence-electron chi connectivity index (χ4n) is 3.57. The predicted octanol–water partition coefficient (Wildman–Crippen LogP) is 3.44. The van der Waals surface area contributed by atoms with E-state index >= 15 is 0 Å². The Morgan fingerprint density at radius 1 is 1.05 bits per heavy atom. The molecule has 0 bridgehead atoms. The molecule has 37 heavy (non-hydrogen) atoms. The van der Waals surface area contributed by atoms with Crippen molar-refractivity contribution in [2.45, 2.75) is 38.1 Å². The van der Waals surface area contributed by atoms with Gasteiger partial charge in [-0.2, -0.15) is 4.99 Å². The Morgan fingerprint density at radius 3 is 2.30 bits per heavy atom. The van der Waals surface area contributed by atoms with E-state index in [1.54, 1.807) is 23.6 Å². The van der Waals surface area contributed by atoms with Gasteiger partial charge < -0.3 is 18.8 Å². The van der Waals surface area contributed by atoms with Gasteiger partial charge in [-0.25, -0.2) is 12.7 Å². The number of fused-ring (bicyclic) bond motifs is 1. The first kappa shape index (κ1) is 28.4. The lowest BCUT2D eigenvalue weighted by atomic mass is 10.2. The van der Waals surface area contributed by atoms with Crippen LogP contribution in [0.1, 0.15) is 37.0 Å². The summed E-state index contributed by atoms with van der Waals surface area (Å²) in [5.74, 6) is -0.0962. The van der Waals surface area contributed by atoms with Gasteiger partial charge in [-0.15, -0.1) is 0 Å². The van der Waals surface area contributed by atoms with Gasteiger partial charge in [-0.1, -0.05) is 24.7 Å². The van der Waals surface area contributed by atoms with E-state index in [-0.39, 0.29) is 28.4 Å². The van der Waals surface area contributed by atoms with Gasteiger partial charge in [0.2, 0.25) is 10.0 Å². The maximum absolute atomic E-state index is 13.0. The maximum atomic E-state index is 13.0. The van der Waals surface area contributed by atoms with Crippen molar-refractivity contribution in [1.29, 1.82) is 0 Å². The summed E-state index contributed by atoms with van der Waals surface area (Å²) in [4.78, 5) is 30.0. The van der Waals surface area contributed by atoms with Gasteiger partial charge in [-0.05, 0) is 37.6 Å². The highest BCUT2D eigenvalue weighted by atomic mass is 32.2. The van der Waals surface area contributed by atoms with Crippen LogP contribution in [0.5, 0.6) is 11.5 Å². The van der Waals surface area contributed by atoms with Gasteiger partial charge in [0, 0.05) is 31.3 Å². The highest BCUT2D eigenvalue weighted by Gasteiger charge is 2.21. The average Bonchev–Trinajstić information content (AvgIpc) is 3.21. The first-order valence-corrected chi connectivity index (χ1v) is 14.0. The van der Waals surface area contributed by atoms with Crippen molar-refractivity contribution in [2.24, 2.45) is 4.99 Å². The molecule has 1 aromatic heterocycles. The second kappa shape index (κ2) is 12.3. The molecule has 200 valence electrons. The summed E-state index contributed by atoms with van der Waals surface area (Å²) in [6.07, 6.45) is 1.63. The normalized spacial score (nSPS) is 12.2. The van der Waals surface area contributed by atoms with Crippen molar-refractivity contribution in [1.82, 2.24) is 8.87 Å². The number of sulfonamides is 1. The number of nitrogens with zero attached hydrogens (tertiary/aromatic N) is 3. The molecule has 1 amide bonds. The topological polar surface area (TPSA) is 117 Å². The van der Waals surface area contributed by atoms with Crippen molar-refractivity contribution in [3.05, 3.63) is 46.8 Å². The number of carbonyl (C=O) groups is 2. The van der Waals surface area contributed by atoms with E-state index < -0.39 is 21.9 Å². The quantitative estimate of drug-likeness (QED) is 0.336. The fourth-order valence-corrected chi connectivity index (χ4v) is 5.82. The van der Waals surface area contributed by atoms with E-state index in [9.17, 15) is 18.0 Å². The largest absolute Gasteiger partial charge is 0.493 e. The lowest BCUT2D eigenvalue weighted by Gasteiger charge is -2.16. The number of benzene rings is 2. The standard InChI is InChI=1S/C25H31N3O7S2/c1-6-8-13-27(3)37(31,32)18-11-9-17(10-12-18)24(30)26-25-28(16-23(29)35-7-2)19-14-20(33-4)21(34-5)15-22(19)36-25/h9-12,14-15H,6-8,13,16H2,1-5H3. The van der Waals surface area contributed by atoms with Crippen LogP contribution in [0.4, 0.5) is 0 Å². The van der Waals surface area contributed by atoms with Crippen molar-refractivity contribution >= 4 is 43.5 Å². The molecule has 0 spiro atoms. The predicted molar refractivity (Wildman–Crippen MR) is 141 cm³/mol. The Morgan fingerprint density at radius 2 is 1.70 bits per heavy atom. The molecule has 0 unspecified atom stereocenters. The highest BCUT2D eigenvalue weighted by Crippen LogP contribution is 2.33. The molecule has 0 aliphatic rings. The van der Waals surface area contributed by atoms with Crippen LogP contribution in [0.15, 0.2) is 46.3 Å². The van der Waals surface area contributed by atoms with E-state index in [1.807, 2.05) is 6.92 Å². The molecule has 3 rings (SSSR count). The fraction of sp³-hybridized carbons (Fsp3) is 0.400. The Kier molecular flexibility index (Phi) is 9.46. The summed E-state index contributed by atoms with van der Waals surface area (Å²) >= 11 is 1.20. The molecule has 0 radical (unpaired) electrons. The van der Waals surface area contributed by atoms with Crippen molar-refractivity contribution in [2.75, 3.05) is 34.4 Å². The first-order valence-electron chi connectivity index (χ1n) is 11.7. The monoisotopic (exact) mass is 549 g/mol. The molecule has 0 saturated heterocycles. The number of thiazole rings is 1. The highest BCUT2D eigenvalue weighted by molar-refractivity contribution is 7.89. The summed E-state index contributed by atoms with van der Waals surface area (Å²) in [6.45, 7) is 4.17. The van der Waals surface area contributed by atoms with Crippen LogP contribution < -0.4 is 14.3 Å². The molecule has 0 aliphatic heterocycles. The van der Waals surface area contributed by atoms with Gasteiger partial charge in [0.25, 0.3) is 5.91 Å². The number of rotatable bonds is 11. The van der Waals surface area contributed by atoms with Gasteiger partial charge in [-0.3, -0.25) is 9.59 Å². The third kappa shape index (κ3) is 6.38. The van der Waals surface area contributed by atoms with Gasteiger partial charge in [0.15, 0.2) is 16.3 Å². The minimum Gasteiger partial charge on any atom is -0.493 e. The summed E-state index contributed by atoms with van der Waals surface area (Å²) in [5, 5.41) is 0. The summed E-state index contributed by atoms with van der Waals surface area (Å²) in [6, 6.07) is 9.12. The van der Waals surface area contributed by atoms with Crippen LogP contribution in [0, 0.1) is 0 Å². The van der Waals surface area contributed by atoms with Crippen LogP contribution in [0.2, 0.25) is 0 Å². The Bertz CT molecular complexity index is 1440. The molecule has 0 N–H and O–H groups in total. The number of unbranched alkanes of at least 4 members (excludes halogenated alkanes) is 1. The van der Waals surface area contributed by atoms with E-state index in [0.717, 1.165) is 17.5 Å². The maximum Gasteiger partial charge on any atom is 0.326 e. The molecule has 12 heteroatoms. The molecule has 1 heterocycles. The second-order valence-electron chi connectivity index (χ2n) is 8.07. The number of ether oxygens (including phenoxy) is 3. The number of esters is 1. The average molecular weight is 550 g/mol. The smallest absolute Gasteiger partial charge is 0.326 e. The van der Waals surface area contributed by atoms with Crippen molar-refractivity contribution < 1.29 is 32.2 Å². The van der Waals surface area contributed by atoms with Crippen LogP contribution in [0.25, 0.3) is 10.2 Å². The lowest BCUT2D eigenvalue weighted by molar-refractivity contribution is -0.143. The third-order valence-electron chi connectivity index (χ3n) is 5.61. The third-order valence-corrected chi connectivity index (χ3v) is 8.53. The Balaban J connectivity index is 2.02. The summed E-state index contributed by atoms with van der Waals surface area (Å²) < 4.78 is 45.0. The van der Waals surface area contributed by atoms with Gasteiger partial charge >= 0.3 is 5.97 Å². The minimum atomic E-state index is -3.65. The molecular formula is C25H31N3O7S2. The molecule has 2 aromatic carbocycles. The lowest BCUT2D eigenvalue weighted by Crippen LogP contribution is -2.27. The number of methoxy groups -OCH3 is 2. The van der Waals surface area contributed by atoms with E-state index in [0.29, 0.717) is 23.6 Å². The minimum absolute atomic E-state index is 0.0982. The molecule has 0 atom stereocenters. The van der Waals surface area contributed by atoms with E-state index in [2.05, 4.69) is 4.99 Å². The summed E-state index contributed by atoms with van der Waals surface area (Å²) in [5.41, 5.74) is 0.837. The Labute approximate surface area is 220 Å². The SMILES string of the molecule is CCCCN(C)S(=O)(=O)c1ccc(C(=O)N=c2sc3cc(OC)c(OC)cc3n2CC(=O)OCC)cc1. The number of hydrogen-bond acceptors (Lipinski definition) is 8. The van der Waals surface area contributed by atoms with E-state index in [1.165, 1.54) is 61.2 Å². The molecule has 0 fully saturated rings. The van der Waals surface area contributed by atoms with Gasteiger partial charge in [0.05, 0.1) is 35.9 Å². The number of hydrogen-bond donors (Lipinski definition) is 0. The number of amides is 1. The van der Waals surface area contributed by atoms with Crippen molar-refractivity contribution in [3.63, 3.8) is 0 Å². The zero-order chi connectivity index (χ0) is 27.2. The first-order chi connectivity index (χ1) is 17.7. The summed E-state index contributed by atoms with van der Waals surface area (Å²) in [7, 11) is 0.904. The number of aromatic nitrogens is 1. The zero-order valence-corrected chi connectivity index (χ0v) is 23.1.